The summed E-state index contributed by atoms with van der Waals surface area (Å²) in [4.78, 5) is 16.7. The van der Waals surface area contributed by atoms with E-state index in [1.165, 1.54) is 19.1 Å². The van der Waals surface area contributed by atoms with Crippen LogP contribution in [-0.2, 0) is 11.0 Å². The highest BCUT2D eigenvalue weighted by molar-refractivity contribution is 5.94. The summed E-state index contributed by atoms with van der Waals surface area (Å²) < 4.78 is 45.9. The van der Waals surface area contributed by atoms with E-state index < -0.39 is 23.8 Å². The molecule has 3 aromatic heterocycles. The molecule has 1 amide bonds. The molecule has 0 aliphatic carbocycles. The van der Waals surface area contributed by atoms with Gasteiger partial charge in [-0.15, -0.1) is 10.2 Å². The molecule has 0 aliphatic heterocycles. The summed E-state index contributed by atoms with van der Waals surface area (Å²) in [6, 6.07) is 18.6. The largest absolute Gasteiger partial charge is 0.481 e. The fourth-order valence-electron chi connectivity index (χ4n) is 3.63. The summed E-state index contributed by atoms with van der Waals surface area (Å²) in [5.74, 6) is -0.0105. The first-order valence-corrected chi connectivity index (χ1v) is 11.2. The van der Waals surface area contributed by atoms with E-state index in [0.717, 1.165) is 23.3 Å². The monoisotopic (exact) mass is 504 g/mol. The van der Waals surface area contributed by atoms with Crippen molar-refractivity contribution < 1.29 is 22.7 Å². The maximum atomic E-state index is 13.0. The van der Waals surface area contributed by atoms with Crippen LogP contribution in [0.3, 0.4) is 0 Å². The van der Waals surface area contributed by atoms with Crippen molar-refractivity contribution in [2.75, 3.05) is 5.32 Å². The summed E-state index contributed by atoms with van der Waals surface area (Å²) >= 11 is 0. The quantitative estimate of drug-likeness (QED) is 0.338. The molecule has 0 spiro atoms. The maximum absolute atomic E-state index is 13.0. The molecule has 0 radical (unpaired) electrons. The zero-order valence-corrected chi connectivity index (χ0v) is 19.3. The first-order valence-electron chi connectivity index (χ1n) is 11.2. The van der Waals surface area contributed by atoms with Gasteiger partial charge in [-0.3, -0.25) is 9.78 Å². The second kappa shape index (κ2) is 9.69. The Labute approximate surface area is 208 Å². The molecule has 1 unspecified atom stereocenters. The number of halogens is 3. The molecule has 3 heterocycles. The first-order chi connectivity index (χ1) is 17.8. The van der Waals surface area contributed by atoms with Gasteiger partial charge in [0, 0.05) is 29.2 Å². The minimum absolute atomic E-state index is 0.0531. The highest BCUT2D eigenvalue weighted by atomic mass is 19.4. The first kappa shape index (κ1) is 23.9. The number of fused-ring (bicyclic) bond motifs is 1. The molecule has 1 N–H and O–H groups in total. The van der Waals surface area contributed by atoms with Crippen LogP contribution in [0.1, 0.15) is 12.5 Å². The van der Waals surface area contributed by atoms with E-state index in [9.17, 15) is 18.0 Å². The molecule has 186 valence electrons. The number of anilines is 1. The van der Waals surface area contributed by atoms with Crippen LogP contribution in [0.4, 0.5) is 18.9 Å². The Kier molecular flexibility index (Phi) is 6.26. The van der Waals surface area contributed by atoms with Gasteiger partial charge in [0.25, 0.3) is 5.91 Å². The zero-order chi connectivity index (χ0) is 26.0. The van der Waals surface area contributed by atoms with Crippen LogP contribution in [0.15, 0.2) is 85.2 Å². The van der Waals surface area contributed by atoms with Crippen molar-refractivity contribution in [2.24, 2.45) is 0 Å². The van der Waals surface area contributed by atoms with E-state index >= 15 is 0 Å². The Morgan fingerprint density at radius 3 is 2.51 bits per heavy atom. The third-order valence-corrected chi connectivity index (χ3v) is 5.47. The number of benzene rings is 2. The number of carbonyl (C=O) groups is 1. The number of nitrogens with one attached hydrogen (secondary N) is 1. The van der Waals surface area contributed by atoms with Crippen LogP contribution >= 0.6 is 0 Å². The Morgan fingerprint density at radius 1 is 0.946 bits per heavy atom. The Balaban J connectivity index is 1.34. The number of alkyl halides is 3. The van der Waals surface area contributed by atoms with Gasteiger partial charge in [-0.2, -0.15) is 22.8 Å². The summed E-state index contributed by atoms with van der Waals surface area (Å²) in [6.45, 7) is 1.46. The maximum Gasteiger partial charge on any atom is 0.416 e. The summed E-state index contributed by atoms with van der Waals surface area (Å²) in [5.41, 5.74) is 2.34. The van der Waals surface area contributed by atoms with Gasteiger partial charge in [0.15, 0.2) is 17.6 Å². The summed E-state index contributed by atoms with van der Waals surface area (Å²) in [6.07, 6.45) is -2.23. The topological polar surface area (TPSA) is 94.3 Å². The van der Waals surface area contributed by atoms with E-state index in [4.69, 9.17) is 4.74 Å². The highest BCUT2D eigenvalue weighted by Gasteiger charge is 2.31. The third-order valence-electron chi connectivity index (χ3n) is 5.47. The van der Waals surface area contributed by atoms with Crippen LogP contribution in [0.2, 0.25) is 0 Å². The van der Waals surface area contributed by atoms with Gasteiger partial charge < -0.3 is 10.1 Å². The van der Waals surface area contributed by atoms with Gasteiger partial charge in [0.05, 0.1) is 11.3 Å². The van der Waals surface area contributed by atoms with E-state index in [2.05, 4.69) is 25.6 Å². The summed E-state index contributed by atoms with van der Waals surface area (Å²) in [5, 5.41) is 15.8. The van der Waals surface area contributed by atoms with Crippen molar-refractivity contribution in [3.05, 3.63) is 90.8 Å². The van der Waals surface area contributed by atoms with Gasteiger partial charge in [0.1, 0.15) is 5.75 Å². The van der Waals surface area contributed by atoms with Crippen LogP contribution in [0, 0.1) is 0 Å². The lowest BCUT2D eigenvalue weighted by Crippen LogP contribution is -2.30. The van der Waals surface area contributed by atoms with Gasteiger partial charge in [-0.1, -0.05) is 18.2 Å². The fraction of sp³-hybridized carbons (Fsp3) is 0.115. The van der Waals surface area contributed by atoms with Gasteiger partial charge >= 0.3 is 6.18 Å². The van der Waals surface area contributed by atoms with Gasteiger partial charge in [-0.05, 0) is 61.5 Å². The minimum Gasteiger partial charge on any atom is -0.481 e. The molecule has 1 atom stereocenters. The lowest BCUT2D eigenvalue weighted by atomic mass is 10.1. The number of rotatable bonds is 6. The molecule has 8 nitrogen and oxygen atoms in total. The van der Waals surface area contributed by atoms with E-state index in [1.54, 1.807) is 47.2 Å². The number of pyridine rings is 1. The zero-order valence-electron chi connectivity index (χ0n) is 19.3. The van der Waals surface area contributed by atoms with E-state index in [0.29, 0.717) is 22.9 Å². The second-order valence-corrected chi connectivity index (χ2v) is 8.10. The second-order valence-electron chi connectivity index (χ2n) is 8.10. The van der Waals surface area contributed by atoms with E-state index in [-0.39, 0.29) is 5.75 Å². The van der Waals surface area contributed by atoms with Crippen molar-refractivity contribution in [3.8, 4) is 28.4 Å². The molecular weight excluding hydrogens is 485 g/mol. The number of hydrogen-bond acceptors (Lipinski definition) is 6. The van der Waals surface area contributed by atoms with Crippen LogP contribution < -0.4 is 10.1 Å². The van der Waals surface area contributed by atoms with Crippen molar-refractivity contribution in [3.63, 3.8) is 0 Å². The molecule has 5 aromatic rings. The lowest BCUT2D eigenvalue weighted by molar-refractivity contribution is -0.137. The number of amides is 1. The number of ether oxygens (including phenoxy) is 1. The molecule has 2 aromatic carbocycles. The normalized spacial score (nSPS) is 12.3. The standard InChI is InChI=1S/C26H19F3N6O2/c1-16(37-21-7-3-5-19(15-21)26(27,28)29)25(36)31-20-6-2-4-18(14-20)22-8-9-23-32-33-24(35(23)34-22)17-10-12-30-13-11-17/h2-16H,1H3,(H,31,36). The number of aromatic nitrogens is 5. The predicted molar refractivity (Wildman–Crippen MR) is 130 cm³/mol. The van der Waals surface area contributed by atoms with Gasteiger partial charge in [-0.25, -0.2) is 0 Å². The molecule has 0 saturated carbocycles. The average Bonchev–Trinajstić information content (AvgIpc) is 3.32. The smallest absolute Gasteiger partial charge is 0.416 e. The number of nitrogens with zero attached hydrogens (tertiary/aromatic N) is 5. The molecule has 0 aliphatic rings. The molecule has 0 saturated heterocycles. The molecule has 37 heavy (non-hydrogen) atoms. The van der Waals surface area contributed by atoms with Crippen molar-refractivity contribution in [1.29, 1.82) is 0 Å². The lowest BCUT2D eigenvalue weighted by Gasteiger charge is -2.16. The van der Waals surface area contributed by atoms with Crippen LogP contribution in [-0.4, -0.2) is 36.8 Å². The Morgan fingerprint density at radius 2 is 1.73 bits per heavy atom. The van der Waals surface area contributed by atoms with Crippen LogP contribution in [0.5, 0.6) is 5.75 Å². The molecular formula is C26H19F3N6O2. The van der Waals surface area contributed by atoms with Crippen LogP contribution in [0.25, 0.3) is 28.3 Å². The predicted octanol–water partition coefficient (Wildman–Crippen LogP) is 5.28. The van der Waals surface area contributed by atoms with Crippen molar-refractivity contribution in [2.45, 2.75) is 19.2 Å². The molecule has 5 rings (SSSR count). The molecule has 0 fully saturated rings. The van der Waals surface area contributed by atoms with Crippen molar-refractivity contribution in [1.82, 2.24) is 24.8 Å². The molecule has 0 bridgehead atoms. The summed E-state index contributed by atoms with van der Waals surface area (Å²) in [7, 11) is 0. The SMILES string of the molecule is CC(Oc1cccc(C(F)(F)F)c1)C(=O)Nc1cccc(-c2ccc3nnc(-c4ccncc4)n3n2)c1. The number of hydrogen-bond donors (Lipinski definition) is 1. The van der Waals surface area contributed by atoms with Crippen molar-refractivity contribution >= 4 is 17.2 Å². The van der Waals surface area contributed by atoms with E-state index in [1.807, 2.05) is 18.2 Å². The molecule has 11 heteroatoms. The highest BCUT2D eigenvalue weighted by Crippen LogP contribution is 2.31. The average molecular weight is 504 g/mol. The Bertz CT molecular complexity index is 1570. The number of carbonyl (C=O) groups excluding carboxylic acids is 1. The Hall–Kier alpha value is -4.80. The minimum atomic E-state index is -4.51. The third kappa shape index (κ3) is 5.25. The van der Waals surface area contributed by atoms with Gasteiger partial charge in [0.2, 0.25) is 0 Å². The fourth-order valence-corrected chi connectivity index (χ4v) is 3.63.